The number of Topliss-reactive ketones (excluding diaryl/α,β-unsaturated/α-hetero) is 1. The lowest BCUT2D eigenvalue weighted by Gasteiger charge is -2.48. The van der Waals surface area contributed by atoms with Gasteiger partial charge >= 0.3 is 0 Å². The number of hydrogen-bond acceptors (Lipinski definition) is 3. The van der Waals surface area contributed by atoms with Crippen molar-refractivity contribution in [1.29, 1.82) is 0 Å². The van der Waals surface area contributed by atoms with Gasteiger partial charge in [0.05, 0.1) is 5.41 Å². The van der Waals surface area contributed by atoms with Crippen LogP contribution in [0, 0.1) is 5.41 Å². The average Bonchev–Trinajstić information content (AvgIpc) is 3.32. The molecule has 194 valence electrons. The van der Waals surface area contributed by atoms with Gasteiger partial charge in [0, 0.05) is 43.8 Å². The predicted octanol–water partition coefficient (Wildman–Crippen LogP) is 8.00. The van der Waals surface area contributed by atoms with E-state index in [0.717, 1.165) is 23.2 Å². The molecule has 3 atom stereocenters. The Labute approximate surface area is 241 Å². The fraction of sp³-hybridized carbons (Fsp3) is 0.267. The third-order valence-corrected chi connectivity index (χ3v) is 9.63. The fourth-order valence-electron chi connectivity index (χ4n) is 7.06. The minimum atomic E-state index is -1.20. The summed E-state index contributed by atoms with van der Waals surface area (Å²) in [6, 6.07) is 18.3. The largest absolute Gasteiger partial charge is 0.324 e. The molecule has 2 spiro atoms. The van der Waals surface area contributed by atoms with Crippen molar-refractivity contribution in [2.75, 3.05) is 18.9 Å². The Morgan fingerprint density at radius 3 is 2.39 bits per heavy atom. The van der Waals surface area contributed by atoms with Gasteiger partial charge in [-0.15, -0.1) is 0 Å². The van der Waals surface area contributed by atoms with Crippen molar-refractivity contribution in [3.05, 3.63) is 103 Å². The van der Waals surface area contributed by atoms with Crippen LogP contribution in [0.15, 0.2) is 66.2 Å². The molecule has 1 saturated carbocycles. The first-order valence-electron chi connectivity index (χ1n) is 12.5. The molecule has 0 aromatic heterocycles. The average molecular weight is 586 g/mol. The number of amides is 1. The number of allylic oxidation sites excluding steroid dienone is 1. The van der Waals surface area contributed by atoms with Crippen molar-refractivity contribution >= 4 is 69.9 Å². The second-order valence-electron chi connectivity index (χ2n) is 10.3. The summed E-state index contributed by atoms with van der Waals surface area (Å²) in [6.45, 7) is 0.476. The van der Waals surface area contributed by atoms with Gasteiger partial charge in [0.15, 0.2) is 5.78 Å². The number of fused-ring (bicyclic) bond motifs is 3. The number of hydrogen-bond donors (Lipinski definition) is 1. The zero-order valence-electron chi connectivity index (χ0n) is 20.5. The zero-order valence-corrected chi connectivity index (χ0v) is 23.6. The Morgan fingerprint density at radius 2 is 1.66 bits per heavy atom. The normalized spacial score (nSPS) is 27.9. The molecular weight excluding hydrogens is 562 g/mol. The second kappa shape index (κ2) is 9.39. The second-order valence-corrected chi connectivity index (χ2v) is 12.0. The highest BCUT2D eigenvalue weighted by atomic mass is 35.5. The number of nitrogens with zero attached hydrogens (tertiary/aromatic N) is 1. The van der Waals surface area contributed by atoms with Gasteiger partial charge in [-0.25, -0.2) is 0 Å². The number of nitrogens with one attached hydrogen (secondary N) is 1. The van der Waals surface area contributed by atoms with Crippen molar-refractivity contribution in [2.24, 2.45) is 5.41 Å². The molecule has 1 amide bonds. The van der Waals surface area contributed by atoms with E-state index in [1.807, 2.05) is 54.4 Å². The molecule has 1 aliphatic carbocycles. The van der Waals surface area contributed by atoms with Gasteiger partial charge in [0.1, 0.15) is 5.54 Å². The maximum absolute atomic E-state index is 14.9. The van der Waals surface area contributed by atoms with E-state index in [1.54, 1.807) is 24.3 Å². The van der Waals surface area contributed by atoms with Gasteiger partial charge in [-0.05, 0) is 79.4 Å². The Hall–Kier alpha value is -2.34. The van der Waals surface area contributed by atoms with E-state index in [-0.39, 0.29) is 17.6 Å². The van der Waals surface area contributed by atoms with Crippen LogP contribution in [-0.4, -0.2) is 30.2 Å². The van der Waals surface area contributed by atoms with E-state index >= 15 is 0 Å². The maximum Gasteiger partial charge on any atom is 0.250 e. The number of carbonyl (C=O) groups excluding carboxylic acids is 2. The Balaban J connectivity index is 1.61. The highest BCUT2D eigenvalue weighted by molar-refractivity contribution is 6.36. The van der Waals surface area contributed by atoms with Gasteiger partial charge in [0.25, 0.3) is 5.91 Å². The van der Waals surface area contributed by atoms with Crippen LogP contribution in [0.3, 0.4) is 0 Å². The van der Waals surface area contributed by atoms with Crippen LogP contribution < -0.4 is 5.32 Å². The number of rotatable bonds is 2. The molecule has 3 aliphatic rings. The van der Waals surface area contributed by atoms with E-state index in [0.29, 0.717) is 50.6 Å². The Bertz CT molecular complexity index is 1540. The molecule has 1 saturated heterocycles. The molecule has 2 fully saturated rings. The molecule has 6 rings (SSSR count). The number of halogens is 4. The van der Waals surface area contributed by atoms with Gasteiger partial charge in [-0.1, -0.05) is 76.7 Å². The number of benzene rings is 3. The molecule has 4 nitrogen and oxygen atoms in total. The van der Waals surface area contributed by atoms with Gasteiger partial charge in [-0.3, -0.25) is 14.5 Å². The summed E-state index contributed by atoms with van der Waals surface area (Å²) in [5, 5.41) is 5.09. The van der Waals surface area contributed by atoms with Crippen LogP contribution in [-0.2, 0) is 15.1 Å². The smallest absolute Gasteiger partial charge is 0.250 e. The lowest BCUT2D eigenvalue weighted by atomic mass is 9.53. The van der Waals surface area contributed by atoms with Crippen molar-refractivity contribution in [1.82, 2.24) is 4.90 Å². The first-order valence-corrected chi connectivity index (χ1v) is 14.0. The zero-order chi connectivity index (χ0) is 26.8. The number of ketones is 1. The molecule has 8 heteroatoms. The van der Waals surface area contributed by atoms with E-state index in [2.05, 4.69) is 5.32 Å². The summed E-state index contributed by atoms with van der Waals surface area (Å²) in [6.07, 6.45) is 3.71. The van der Waals surface area contributed by atoms with Crippen molar-refractivity contribution in [3.63, 3.8) is 0 Å². The molecular formula is C30H24Cl4N2O2. The molecule has 3 aromatic carbocycles. The number of likely N-dealkylation sites (N-methyl/N-ethyl adjacent to an activating group) is 1. The number of para-hydroxylation sites is 1. The monoisotopic (exact) mass is 584 g/mol. The summed E-state index contributed by atoms with van der Waals surface area (Å²) < 4.78 is 0. The molecule has 2 heterocycles. The summed E-state index contributed by atoms with van der Waals surface area (Å²) in [7, 11) is 1.93. The van der Waals surface area contributed by atoms with Crippen LogP contribution in [0.5, 0.6) is 0 Å². The number of likely N-dealkylation sites (tertiary alicyclic amines) is 1. The SMILES string of the molecule is CN1CC(c2ccc(Cl)cc2Cl)C2(CCC/C(=C\c3ccc(Cl)cc3Cl)C2=O)C12C(=O)Nc1ccccc12. The number of anilines is 1. The molecule has 1 N–H and O–H groups in total. The first kappa shape index (κ1) is 25.9. The highest BCUT2D eigenvalue weighted by Gasteiger charge is 2.74. The molecule has 2 aliphatic heterocycles. The quantitative estimate of drug-likeness (QED) is 0.310. The molecule has 0 radical (unpaired) electrons. The lowest BCUT2D eigenvalue weighted by molar-refractivity contribution is -0.144. The topological polar surface area (TPSA) is 49.4 Å². The van der Waals surface area contributed by atoms with Gasteiger partial charge < -0.3 is 5.32 Å². The molecule has 3 unspecified atom stereocenters. The van der Waals surface area contributed by atoms with Crippen molar-refractivity contribution < 1.29 is 9.59 Å². The lowest BCUT2D eigenvalue weighted by Crippen LogP contribution is -2.60. The predicted molar refractivity (Wildman–Crippen MR) is 154 cm³/mol. The number of carbonyl (C=O) groups is 2. The summed E-state index contributed by atoms with van der Waals surface area (Å²) >= 11 is 25.6. The molecule has 3 aromatic rings. The van der Waals surface area contributed by atoms with E-state index < -0.39 is 11.0 Å². The van der Waals surface area contributed by atoms with Crippen molar-refractivity contribution in [2.45, 2.75) is 30.7 Å². The van der Waals surface area contributed by atoms with Crippen LogP contribution in [0.25, 0.3) is 6.08 Å². The standard InChI is InChI=1S/C30H24Cl4N2O2/c1-36-16-23(21-11-10-20(32)15-25(21)34)29(30(36)22-6-2-3-7-26(22)35-28(30)38)12-4-5-18(27(29)37)13-17-8-9-19(31)14-24(17)33/h2-3,6-11,13-15,23H,4-5,12,16H2,1H3,(H,35,38)/b18-13+. The van der Waals surface area contributed by atoms with E-state index in [4.69, 9.17) is 46.4 Å². The minimum Gasteiger partial charge on any atom is -0.324 e. The van der Waals surface area contributed by atoms with Crippen LogP contribution >= 0.6 is 46.4 Å². The molecule has 0 bridgehead atoms. The third-order valence-electron chi connectivity index (χ3n) is 8.51. The summed E-state index contributed by atoms with van der Waals surface area (Å²) in [5.74, 6) is -0.582. The van der Waals surface area contributed by atoms with Crippen LogP contribution in [0.1, 0.15) is 41.9 Å². The van der Waals surface area contributed by atoms with Gasteiger partial charge in [0.2, 0.25) is 0 Å². The summed E-state index contributed by atoms with van der Waals surface area (Å²) in [4.78, 5) is 31.1. The van der Waals surface area contributed by atoms with E-state index in [9.17, 15) is 9.59 Å². The highest BCUT2D eigenvalue weighted by Crippen LogP contribution is 2.66. The minimum absolute atomic E-state index is 0.0537. The summed E-state index contributed by atoms with van der Waals surface area (Å²) in [5.41, 5.74) is 1.43. The first-order chi connectivity index (χ1) is 18.2. The third kappa shape index (κ3) is 3.54. The van der Waals surface area contributed by atoms with Crippen molar-refractivity contribution in [3.8, 4) is 0 Å². The van der Waals surface area contributed by atoms with Gasteiger partial charge in [-0.2, -0.15) is 0 Å². The van der Waals surface area contributed by atoms with Crippen LogP contribution in [0.4, 0.5) is 5.69 Å². The Morgan fingerprint density at radius 1 is 0.947 bits per heavy atom. The molecule has 38 heavy (non-hydrogen) atoms. The maximum atomic E-state index is 14.9. The van der Waals surface area contributed by atoms with Crippen LogP contribution in [0.2, 0.25) is 20.1 Å². The fourth-order valence-corrected chi connectivity index (χ4v) is 8.07. The Kier molecular flexibility index (Phi) is 6.40. The van der Waals surface area contributed by atoms with E-state index in [1.165, 1.54) is 0 Å².